The van der Waals surface area contributed by atoms with Gasteiger partial charge in [-0.15, -0.1) is 0 Å². The van der Waals surface area contributed by atoms with Crippen molar-refractivity contribution < 1.29 is 23.0 Å². The number of ether oxygens (including phenoxy) is 2. The Morgan fingerprint density at radius 1 is 0.975 bits per heavy atom. The summed E-state index contributed by atoms with van der Waals surface area (Å²) in [5, 5.41) is 10.8. The van der Waals surface area contributed by atoms with Crippen molar-refractivity contribution in [3.8, 4) is 22.9 Å². The topological polar surface area (TPSA) is 121 Å². The summed E-state index contributed by atoms with van der Waals surface area (Å²) in [6.45, 7) is 3.94. The van der Waals surface area contributed by atoms with Crippen LogP contribution in [0.1, 0.15) is 42.9 Å². The molecule has 0 bridgehead atoms. The maximum Gasteiger partial charge on any atom is 0.277 e. The minimum atomic E-state index is -4.43. The van der Waals surface area contributed by atoms with Crippen LogP contribution in [0.25, 0.3) is 11.1 Å². The molecular weight excluding hydrogens is 530 g/mol. The highest BCUT2D eigenvalue weighted by Gasteiger charge is 2.32. The van der Waals surface area contributed by atoms with Gasteiger partial charge in [-0.3, -0.25) is 9.36 Å². The van der Waals surface area contributed by atoms with E-state index in [4.69, 9.17) is 9.47 Å². The number of rotatable bonds is 11. The van der Waals surface area contributed by atoms with Gasteiger partial charge in [-0.2, -0.15) is 4.98 Å². The molecule has 210 valence electrons. The van der Waals surface area contributed by atoms with E-state index < -0.39 is 32.2 Å². The Morgan fingerprint density at radius 2 is 1.68 bits per heavy atom. The quantitative estimate of drug-likeness (QED) is 0.278. The van der Waals surface area contributed by atoms with Gasteiger partial charge in [0, 0.05) is 30.9 Å². The summed E-state index contributed by atoms with van der Waals surface area (Å²) in [5.41, 5.74) is 2.18. The summed E-state index contributed by atoms with van der Waals surface area (Å²) >= 11 is 0. The van der Waals surface area contributed by atoms with Crippen LogP contribution in [0, 0.1) is 6.92 Å². The molecule has 0 fully saturated rings. The predicted molar refractivity (Wildman–Crippen MR) is 152 cm³/mol. The molecule has 4 aromatic rings. The lowest BCUT2D eigenvalue weighted by molar-refractivity contribution is 0.165. The maximum absolute atomic E-state index is 14.0. The zero-order valence-corrected chi connectivity index (χ0v) is 23.8. The molecule has 0 unspecified atom stereocenters. The van der Waals surface area contributed by atoms with Gasteiger partial charge in [0.25, 0.3) is 5.56 Å². The first-order valence-corrected chi connectivity index (χ1v) is 14.5. The van der Waals surface area contributed by atoms with Gasteiger partial charge in [-0.1, -0.05) is 55.8 Å². The highest BCUT2D eigenvalue weighted by molar-refractivity contribution is 7.91. The maximum atomic E-state index is 14.0. The lowest BCUT2D eigenvalue weighted by Gasteiger charge is -2.24. The van der Waals surface area contributed by atoms with Crippen LogP contribution in [0.4, 0.5) is 0 Å². The number of nitrogens with zero attached hydrogens (tertiary/aromatic N) is 3. The molecule has 0 spiro atoms. The van der Waals surface area contributed by atoms with Gasteiger partial charge in [0.1, 0.15) is 5.82 Å². The summed E-state index contributed by atoms with van der Waals surface area (Å²) in [7, 11) is -1.38. The molecule has 2 aromatic carbocycles. The Morgan fingerprint density at radius 3 is 2.27 bits per heavy atom. The number of aromatic nitrogens is 3. The summed E-state index contributed by atoms with van der Waals surface area (Å²) in [6.07, 6.45) is 1.91. The number of hydrogen-bond acceptors (Lipinski definition) is 8. The third-order valence-corrected chi connectivity index (χ3v) is 8.50. The fourth-order valence-electron chi connectivity index (χ4n) is 4.66. The molecule has 0 aliphatic heterocycles. The molecule has 2 heterocycles. The molecule has 0 aliphatic rings. The van der Waals surface area contributed by atoms with Crippen LogP contribution in [0.3, 0.4) is 0 Å². The molecule has 40 heavy (non-hydrogen) atoms. The minimum absolute atomic E-state index is 0.110. The van der Waals surface area contributed by atoms with Gasteiger partial charge in [0.05, 0.1) is 24.7 Å². The summed E-state index contributed by atoms with van der Waals surface area (Å²) in [4.78, 5) is 21.7. The van der Waals surface area contributed by atoms with Gasteiger partial charge in [0.2, 0.25) is 21.6 Å². The number of sulfone groups is 1. The molecular formula is C30H33N3O6S. The largest absolute Gasteiger partial charge is 0.492 e. The second-order valence-electron chi connectivity index (χ2n) is 9.36. The molecule has 4 rings (SSSR count). The summed E-state index contributed by atoms with van der Waals surface area (Å²) in [5.74, 6) is -0.0349. The van der Waals surface area contributed by atoms with Crippen LogP contribution < -0.4 is 10.3 Å². The Kier molecular flexibility index (Phi) is 9.01. The van der Waals surface area contributed by atoms with E-state index in [2.05, 4.69) is 9.97 Å². The van der Waals surface area contributed by atoms with Crippen LogP contribution in [0.15, 0.2) is 81.3 Å². The van der Waals surface area contributed by atoms with E-state index in [-0.39, 0.29) is 11.5 Å². The molecule has 1 N–H and O–H groups in total. The van der Waals surface area contributed by atoms with E-state index >= 15 is 0 Å². The number of hydrogen-bond donors (Lipinski definition) is 1. The smallest absolute Gasteiger partial charge is 0.277 e. The first kappa shape index (κ1) is 29.0. The first-order chi connectivity index (χ1) is 19.2. The van der Waals surface area contributed by atoms with Crippen molar-refractivity contribution >= 4 is 9.84 Å². The minimum Gasteiger partial charge on any atom is -0.492 e. The lowest BCUT2D eigenvalue weighted by atomic mass is 10.0. The zero-order valence-electron chi connectivity index (χ0n) is 23.0. The molecule has 0 radical (unpaired) electrons. The highest BCUT2D eigenvalue weighted by Crippen LogP contribution is 2.30. The third kappa shape index (κ3) is 5.78. The van der Waals surface area contributed by atoms with Crippen LogP contribution in [-0.2, 0) is 21.0 Å². The SMILES string of the molecule is CCCCc1nc(O)c(S(=O)(=O)c2ccc(-c3ccc(OC)nc3C)cc2)c(=O)n1[C@@H](COC)c1ccccc1. The van der Waals surface area contributed by atoms with Crippen molar-refractivity contribution in [2.45, 2.75) is 48.9 Å². The number of aryl methyl sites for hydroxylation is 2. The van der Waals surface area contributed by atoms with Gasteiger partial charge in [-0.25, -0.2) is 13.4 Å². The van der Waals surface area contributed by atoms with E-state index in [9.17, 15) is 18.3 Å². The second kappa shape index (κ2) is 12.4. The molecule has 0 amide bonds. The van der Waals surface area contributed by atoms with Gasteiger partial charge < -0.3 is 14.6 Å². The average molecular weight is 564 g/mol. The molecule has 0 saturated heterocycles. The van der Waals surface area contributed by atoms with E-state index in [0.29, 0.717) is 30.2 Å². The fourth-order valence-corrected chi connectivity index (χ4v) is 6.00. The van der Waals surface area contributed by atoms with E-state index in [0.717, 1.165) is 23.1 Å². The highest BCUT2D eigenvalue weighted by atomic mass is 32.2. The van der Waals surface area contributed by atoms with Crippen molar-refractivity contribution in [1.82, 2.24) is 14.5 Å². The zero-order chi connectivity index (χ0) is 28.9. The average Bonchev–Trinajstić information content (AvgIpc) is 2.95. The van der Waals surface area contributed by atoms with Crippen molar-refractivity contribution in [3.05, 3.63) is 94.2 Å². The Bertz CT molecular complexity index is 1640. The number of unbranched alkanes of at least 4 members (excludes halogenated alkanes) is 1. The van der Waals surface area contributed by atoms with Crippen molar-refractivity contribution in [3.63, 3.8) is 0 Å². The molecule has 9 nitrogen and oxygen atoms in total. The summed E-state index contributed by atoms with van der Waals surface area (Å²) in [6, 6.07) is 18.2. The van der Waals surface area contributed by atoms with E-state index in [1.807, 2.05) is 50.2 Å². The van der Waals surface area contributed by atoms with Crippen LogP contribution >= 0.6 is 0 Å². The second-order valence-corrected chi connectivity index (χ2v) is 11.2. The monoisotopic (exact) mass is 563 g/mol. The standard InChI is InChI=1S/C30H33N3O6S/c1-5-6-12-26-32-29(34)28(30(35)33(26)25(19-38-3)22-10-8-7-9-11-22)40(36,37)23-15-13-21(14-16-23)24-17-18-27(39-4)31-20(24)2/h7-11,13-18,25,34H,5-6,12,19H2,1-4H3/t25-/m0/s1. The number of pyridine rings is 1. The predicted octanol–water partition coefficient (Wildman–Crippen LogP) is 4.74. The van der Waals surface area contributed by atoms with Gasteiger partial charge in [-0.05, 0) is 42.7 Å². The molecule has 2 aromatic heterocycles. The van der Waals surface area contributed by atoms with Crippen LogP contribution in [0.5, 0.6) is 11.8 Å². The van der Waals surface area contributed by atoms with E-state index in [1.165, 1.54) is 30.9 Å². The van der Waals surface area contributed by atoms with Crippen molar-refractivity contribution in [1.29, 1.82) is 0 Å². The Balaban J connectivity index is 1.84. The Labute approximate surface area is 234 Å². The fraction of sp³-hybridized carbons (Fsp3) is 0.300. The molecule has 0 aliphatic carbocycles. The normalized spacial score (nSPS) is 12.3. The van der Waals surface area contributed by atoms with Gasteiger partial charge >= 0.3 is 0 Å². The van der Waals surface area contributed by atoms with Gasteiger partial charge in [0.15, 0.2) is 4.90 Å². The molecule has 0 saturated carbocycles. The number of methoxy groups -OCH3 is 2. The summed E-state index contributed by atoms with van der Waals surface area (Å²) < 4.78 is 39.5. The third-order valence-electron chi connectivity index (χ3n) is 6.72. The van der Waals surface area contributed by atoms with Crippen molar-refractivity contribution in [2.24, 2.45) is 0 Å². The van der Waals surface area contributed by atoms with Crippen molar-refractivity contribution in [2.75, 3.05) is 20.8 Å². The molecule has 1 atom stereocenters. The lowest BCUT2D eigenvalue weighted by Crippen LogP contribution is -2.35. The van der Waals surface area contributed by atoms with Crippen LogP contribution in [0.2, 0.25) is 0 Å². The first-order valence-electron chi connectivity index (χ1n) is 13.0. The molecule has 10 heteroatoms. The number of aromatic hydroxyl groups is 1. The van der Waals surface area contributed by atoms with Crippen LogP contribution in [-0.4, -0.2) is 48.9 Å². The number of benzene rings is 2. The van der Waals surface area contributed by atoms with E-state index in [1.54, 1.807) is 18.2 Å². The Hall–Kier alpha value is -4.02.